The summed E-state index contributed by atoms with van der Waals surface area (Å²) in [4.78, 5) is 0. The van der Waals surface area contributed by atoms with Gasteiger partial charge in [-0.25, -0.2) is 0 Å². The first-order valence-electron chi connectivity index (χ1n) is 7.35. The van der Waals surface area contributed by atoms with Gasteiger partial charge in [-0.2, -0.15) is 0 Å². The van der Waals surface area contributed by atoms with Crippen LogP contribution in [0.5, 0.6) is 0 Å². The van der Waals surface area contributed by atoms with E-state index in [1.807, 2.05) is 27.7 Å². The van der Waals surface area contributed by atoms with Crippen LogP contribution in [0.3, 0.4) is 0 Å². The molecule has 1 nitrogen and oxygen atoms in total. The van der Waals surface area contributed by atoms with Gasteiger partial charge in [-0.05, 0) is 36.5 Å². The van der Waals surface area contributed by atoms with E-state index in [-0.39, 0.29) is 0 Å². The van der Waals surface area contributed by atoms with Crippen LogP contribution in [-0.4, -0.2) is 13.2 Å². The van der Waals surface area contributed by atoms with E-state index in [1.54, 1.807) is 0 Å². The average molecular weight is 228 g/mol. The highest BCUT2D eigenvalue weighted by Crippen LogP contribution is 2.40. The molecule has 0 bridgehead atoms. The van der Waals surface area contributed by atoms with Crippen molar-refractivity contribution in [2.45, 2.75) is 60.8 Å². The summed E-state index contributed by atoms with van der Waals surface area (Å²) in [6.07, 6.45) is 4.32. The molecule has 2 fully saturated rings. The number of fused-ring (bicyclic) bond motifs is 1. The molecule has 4 unspecified atom stereocenters. The van der Waals surface area contributed by atoms with Crippen LogP contribution >= 0.6 is 0 Å². The van der Waals surface area contributed by atoms with Crippen molar-refractivity contribution < 1.29 is 4.74 Å². The van der Waals surface area contributed by atoms with Gasteiger partial charge in [0.1, 0.15) is 0 Å². The molecule has 98 valence electrons. The van der Waals surface area contributed by atoms with Gasteiger partial charge >= 0.3 is 0 Å². The van der Waals surface area contributed by atoms with Gasteiger partial charge in [-0.1, -0.05) is 48.0 Å². The third-order valence-electron chi connectivity index (χ3n) is 3.75. The number of hydrogen-bond donors (Lipinski definition) is 0. The molecule has 0 amide bonds. The van der Waals surface area contributed by atoms with Crippen LogP contribution in [0.15, 0.2) is 0 Å². The van der Waals surface area contributed by atoms with Crippen LogP contribution in [0.1, 0.15) is 60.8 Å². The van der Waals surface area contributed by atoms with Crippen LogP contribution in [0, 0.1) is 23.7 Å². The molecular formula is C15H32O. The van der Waals surface area contributed by atoms with Gasteiger partial charge in [0.15, 0.2) is 0 Å². The van der Waals surface area contributed by atoms with Gasteiger partial charge in [0.2, 0.25) is 0 Å². The Bertz CT molecular complexity index is 156. The van der Waals surface area contributed by atoms with E-state index in [1.165, 1.54) is 19.3 Å². The fraction of sp³-hybridized carbons (Fsp3) is 1.00. The Morgan fingerprint density at radius 2 is 1.50 bits per heavy atom. The second-order valence-electron chi connectivity index (χ2n) is 4.86. The second-order valence-corrected chi connectivity index (χ2v) is 4.86. The molecule has 0 aromatic carbocycles. The predicted molar refractivity (Wildman–Crippen MR) is 72.7 cm³/mol. The monoisotopic (exact) mass is 228 g/mol. The first kappa shape index (κ1) is 16.0. The fourth-order valence-corrected chi connectivity index (χ4v) is 2.99. The van der Waals surface area contributed by atoms with Gasteiger partial charge in [-0.15, -0.1) is 0 Å². The minimum atomic E-state index is 0.816. The standard InChI is InChI=1S/C11H20O.2C2H6/c1-8-3-4-11-9(2)6-12-7-10(11)5-8;2*1-2/h8-11H,3-7H2,1-2H3;2*1-2H3. The molecule has 1 heterocycles. The highest BCUT2D eigenvalue weighted by molar-refractivity contribution is 4.84. The Morgan fingerprint density at radius 3 is 2.12 bits per heavy atom. The Balaban J connectivity index is 0.000000509. The summed E-state index contributed by atoms with van der Waals surface area (Å²) in [5.41, 5.74) is 0. The highest BCUT2D eigenvalue weighted by atomic mass is 16.5. The third-order valence-corrected chi connectivity index (χ3v) is 3.75. The summed E-state index contributed by atoms with van der Waals surface area (Å²) in [6.45, 7) is 14.8. The molecule has 0 spiro atoms. The Morgan fingerprint density at radius 1 is 0.875 bits per heavy atom. The van der Waals surface area contributed by atoms with Gasteiger partial charge in [0, 0.05) is 13.2 Å². The largest absolute Gasteiger partial charge is 0.381 e. The van der Waals surface area contributed by atoms with Crippen molar-refractivity contribution in [3.8, 4) is 0 Å². The average Bonchev–Trinajstić information content (AvgIpc) is 2.34. The maximum Gasteiger partial charge on any atom is 0.0497 e. The molecule has 0 radical (unpaired) electrons. The van der Waals surface area contributed by atoms with Gasteiger partial charge < -0.3 is 4.74 Å². The lowest BCUT2D eigenvalue weighted by Gasteiger charge is -2.41. The van der Waals surface area contributed by atoms with Gasteiger partial charge in [-0.3, -0.25) is 0 Å². The van der Waals surface area contributed by atoms with E-state index in [9.17, 15) is 0 Å². The highest BCUT2D eigenvalue weighted by Gasteiger charge is 2.35. The topological polar surface area (TPSA) is 9.23 Å². The zero-order chi connectivity index (χ0) is 12.6. The number of rotatable bonds is 0. The normalized spacial score (nSPS) is 37.1. The summed E-state index contributed by atoms with van der Waals surface area (Å²) in [6, 6.07) is 0. The third kappa shape index (κ3) is 4.45. The van der Waals surface area contributed by atoms with Crippen molar-refractivity contribution in [2.24, 2.45) is 23.7 Å². The Kier molecular flexibility index (Phi) is 9.02. The van der Waals surface area contributed by atoms with Crippen molar-refractivity contribution in [1.82, 2.24) is 0 Å². The van der Waals surface area contributed by atoms with Crippen molar-refractivity contribution >= 4 is 0 Å². The van der Waals surface area contributed by atoms with E-state index < -0.39 is 0 Å². The van der Waals surface area contributed by atoms with Crippen molar-refractivity contribution in [3.05, 3.63) is 0 Å². The molecule has 1 saturated heterocycles. The summed E-state index contributed by atoms with van der Waals surface area (Å²) >= 11 is 0. The van der Waals surface area contributed by atoms with Crippen LogP contribution in [-0.2, 0) is 4.74 Å². The molecule has 2 aliphatic rings. The number of hydrogen-bond acceptors (Lipinski definition) is 1. The molecule has 1 saturated carbocycles. The van der Waals surface area contributed by atoms with Gasteiger partial charge in [0.05, 0.1) is 0 Å². The first-order valence-corrected chi connectivity index (χ1v) is 7.35. The number of ether oxygens (including phenoxy) is 1. The van der Waals surface area contributed by atoms with E-state index in [0.717, 1.165) is 36.9 Å². The van der Waals surface area contributed by atoms with E-state index >= 15 is 0 Å². The minimum absolute atomic E-state index is 0.816. The Hall–Kier alpha value is -0.0400. The molecule has 1 aliphatic carbocycles. The summed E-state index contributed by atoms with van der Waals surface area (Å²) in [7, 11) is 0. The summed E-state index contributed by atoms with van der Waals surface area (Å²) in [5.74, 6) is 3.63. The van der Waals surface area contributed by atoms with E-state index in [4.69, 9.17) is 4.74 Å². The molecule has 1 aliphatic heterocycles. The van der Waals surface area contributed by atoms with Crippen LogP contribution in [0.4, 0.5) is 0 Å². The SMILES string of the molecule is CC.CC.CC1CCC2C(C)COCC2C1. The molecule has 1 heteroatoms. The fourth-order valence-electron chi connectivity index (χ4n) is 2.99. The first-order chi connectivity index (χ1) is 7.77. The quantitative estimate of drug-likeness (QED) is 0.581. The maximum atomic E-state index is 5.60. The molecular weight excluding hydrogens is 196 g/mol. The molecule has 2 rings (SSSR count). The van der Waals surface area contributed by atoms with E-state index in [2.05, 4.69) is 13.8 Å². The van der Waals surface area contributed by atoms with Crippen LogP contribution < -0.4 is 0 Å². The lowest BCUT2D eigenvalue weighted by molar-refractivity contribution is -0.0484. The lowest BCUT2D eigenvalue weighted by atomic mass is 9.69. The maximum absolute atomic E-state index is 5.60. The van der Waals surface area contributed by atoms with Gasteiger partial charge in [0.25, 0.3) is 0 Å². The smallest absolute Gasteiger partial charge is 0.0497 e. The lowest BCUT2D eigenvalue weighted by Crippen LogP contribution is -2.38. The van der Waals surface area contributed by atoms with E-state index in [0.29, 0.717) is 0 Å². The molecule has 0 N–H and O–H groups in total. The minimum Gasteiger partial charge on any atom is -0.381 e. The zero-order valence-electron chi connectivity index (χ0n) is 12.3. The second kappa shape index (κ2) is 9.04. The van der Waals surface area contributed by atoms with Crippen molar-refractivity contribution in [1.29, 1.82) is 0 Å². The summed E-state index contributed by atoms with van der Waals surface area (Å²) < 4.78 is 5.60. The molecule has 0 aromatic rings. The van der Waals surface area contributed by atoms with Crippen LogP contribution in [0.2, 0.25) is 0 Å². The Labute approximate surface area is 103 Å². The predicted octanol–water partition coefficient (Wildman–Crippen LogP) is 4.76. The molecule has 16 heavy (non-hydrogen) atoms. The summed E-state index contributed by atoms with van der Waals surface area (Å²) in [5, 5.41) is 0. The van der Waals surface area contributed by atoms with Crippen molar-refractivity contribution in [3.63, 3.8) is 0 Å². The zero-order valence-corrected chi connectivity index (χ0v) is 12.3. The molecule has 4 atom stereocenters. The van der Waals surface area contributed by atoms with Crippen LogP contribution in [0.25, 0.3) is 0 Å². The van der Waals surface area contributed by atoms with Crippen molar-refractivity contribution in [2.75, 3.05) is 13.2 Å². The molecule has 0 aromatic heterocycles.